The molecule has 9 heteroatoms. The minimum Gasteiger partial charge on any atom is -0.493 e. The van der Waals surface area contributed by atoms with Crippen molar-refractivity contribution in [2.75, 3.05) is 13.7 Å². The molecule has 3 rings (SSSR count). The zero-order valence-corrected chi connectivity index (χ0v) is 17.9. The second-order valence-corrected chi connectivity index (χ2v) is 7.16. The van der Waals surface area contributed by atoms with Crippen molar-refractivity contribution in [1.29, 1.82) is 0 Å². The predicted molar refractivity (Wildman–Crippen MR) is 111 cm³/mol. The summed E-state index contributed by atoms with van der Waals surface area (Å²) in [5.41, 5.74) is 1.95. The minimum absolute atomic E-state index is 0.246. The van der Waals surface area contributed by atoms with Gasteiger partial charge in [0.2, 0.25) is 0 Å². The van der Waals surface area contributed by atoms with E-state index in [0.29, 0.717) is 34.8 Å². The first kappa shape index (κ1) is 23.2. The summed E-state index contributed by atoms with van der Waals surface area (Å²) in [5.74, 6) is 1.21. The Morgan fingerprint density at radius 2 is 1.81 bits per heavy atom. The number of benzene rings is 2. The molecule has 1 amide bonds. The van der Waals surface area contributed by atoms with Crippen molar-refractivity contribution in [1.82, 2.24) is 10.5 Å². The van der Waals surface area contributed by atoms with Crippen LogP contribution >= 0.6 is 0 Å². The number of nitrogens with zero attached hydrogens (tertiary/aromatic N) is 1. The standard InChI is InChI=1S/C23H23F3N2O4/c1-14-19(15(2)32-28-14)13-31-20-9-6-17(12-21(20)30-3)22(29)27-11-10-16-4-7-18(8-5-16)23(24,25)26/h4-9,12H,10-11,13H2,1-3H3,(H,27,29). The van der Waals surface area contributed by atoms with Gasteiger partial charge in [0.05, 0.1) is 23.9 Å². The number of aromatic nitrogens is 1. The van der Waals surface area contributed by atoms with Gasteiger partial charge in [0.15, 0.2) is 11.5 Å². The molecule has 0 saturated carbocycles. The summed E-state index contributed by atoms with van der Waals surface area (Å²) in [7, 11) is 1.48. The Hall–Kier alpha value is -3.49. The zero-order valence-electron chi connectivity index (χ0n) is 17.9. The van der Waals surface area contributed by atoms with Gasteiger partial charge in [0, 0.05) is 12.1 Å². The summed E-state index contributed by atoms with van der Waals surface area (Å²) in [4.78, 5) is 12.5. The highest BCUT2D eigenvalue weighted by atomic mass is 19.4. The number of hydrogen-bond acceptors (Lipinski definition) is 5. The Bertz CT molecular complexity index is 1060. The Balaban J connectivity index is 1.57. The normalized spacial score (nSPS) is 11.3. The fraction of sp³-hybridized carbons (Fsp3) is 0.304. The maximum Gasteiger partial charge on any atom is 0.416 e. The molecule has 170 valence electrons. The third-order valence-corrected chi connectivity index (χ3v) is 4.96. The molecule has 1 N–H and O–H groups in total. The Morgan fingerprint density at radius 3 is 2.41 bits per heavy atom. The first-order valence-corrected chi connectivity index (χ1v) is 9.86. The average molecular weight is 448 g/mol. The average Bonchev–Trinajstić information content (AvgIpc) is 3.09. The Morgan fingerprint density at radius 1 is 1.09 bits per heavy atom. The van der Waals surface area contributed by atoms with Gasteiger partial charge >= 0.3 is 6.18 Å². The molecule has 0 spiro atoms. The highest BCUT2D eigenvalue weighted by Crippen LogP contribution is 2.30. The highest BCUT2D eigenvalue weighted by Gasteiger charge is 2.29. The maximum atomic E-state index is 12.6. The van der Waals surface area contributed by atoms with E-state index in [1.165, 1.54) is 19.2 Å². The van der Waals surface area contributed by atoms with Crippen LogP contribution < -0.4 is 14.8 Å². The summed E-state index contributed by atoms with van der Waals surface area (Å²) in [5, 5.41) is 6.64. The number of nitrogens with one attached hydrogen (secondary N) is 1. The highest BCUT2D eigenvalue weighted by molar-refractivity contribution is 5.94. The van der Waals surface area contributed by atoms with Crippen molar-refractivity contribution < 1.29 is 32.0 Å². The second kappa shape index (κ2) is 9.76. The fourth-order valence-electron chi connectivity index (χ4n) is 3.07. The van der Waals surface area contributed by atoms with Gasteiger partial charge in [0.1, 0.15) is 12.4 Å². The molecule has 0 saturated heterocycles. The molecule has 2 aromatic carbocycles. The molecule has 0 fully saturated rings. The molecular formula is C23H23F3N2O4. The number of rotatable bonds is 8. The lowest BCUT2D eigenvalue weighted by molar-refractivity contribution is -0.137. The largest absolute Gasteiger partial charge is 0.493 e. The lowest BCUT2D eigenvalue weighted by Crippen LogP contribution is -2.25. The Labute approximate surface area is 183 Å². The van der Waals surface area contributed by atoms with Gasteiger partial charge in [0.25, 0.3) is 5.91 Å². The molecule has 0 radical (unpaired) electrons. The topological polar surface area (TPSA) is 73.6 Å². The molecular weight excluding hydrogens is 425 g/mol. The number of amides is 1. The van der Waals surface area contributed by atoms with Gasteiger partial charge in [-0.3, -0.25) is 4.79 Å². The van der Waals surface area contributed by atoms with Crippen LogP contribution in [0.4, 0.5) is 13.2 Å². The van der Waals surface area contributed by atoms with Crippen molar-refractivity contribution in [3.63, 3.8) is 0 Å². The van der Waals surface area contributed by atoms with Crippen LogP contribution in [0.15, 0.2) is 47.0 Å². The summed E-state index contributed by atoms with van der Waals surface area (Å²) in [6, 6.07) is 9.69. The molecule has 0 atom stereocenters. The van der Waals surface area contributed by atoms with Crippen LogP contribution in [0.2, 0.25) is 0 Å². The lowest BCUT2D eigenvalue weighted by atomic mass is 10.1. The van der Waals surface area contributed by atoms with E-state index < -0.39 is 11.7 Å². The number of ether oxygens (including phenoxy) is 2. The smallest absolute Gasteiger partial charge is 0.416 e. The number of carbonyl (C=O) groups is 1. The van der Waals surface area contributed by atoms with Crippen LogP contribution in [0.5, 0.6) is 11.5 Å². The molecule has 0 aliphatic carbocycles. The quantitative estimate of drug-likeness (QED) is 0.532. The van der Waals surface area contributed by atoms with Crippen LogP contribution in [0.1, 0.15) is 38.5 Å². The number of methoxy groups -OCH3 is 1. The van der Waals surface area contributed by atoms with E-state index in [2.05, 4.69) is 10.5 Å². The molecule has 1 aromatic heterocycles. The van der Waals surface area contributed by atoms with E-state index in [9.17, 15) is 18.0 Å². The van der Waals surface area contributed by atoms with E-state index in [1.54, 1.807) is 25.1 Å². The van der Waals surface area contributed by atoms with Gasteiger partial charge in [-0.2, -0.15) is 13.2 Å². The van der Waals surface area contributed by atoms with Gasteiger partial charge in [-0.15, -0.1) is 0 Å². The van der Waals surface area contributed by atoms with Crippen LogP contribution in [0.25, 0.3) is 0 Å². The van der Waals surface area contributed by atoms with E-state index in [-0.39, 0.29) is 19.1 Å². The molecule has 3 aromatic rings. The SMILES string of the molecule is COc1cc(C(=O)NCCc2ccc(C(F)(F)F)cc2)ccc1OCc1c(C)noc1C. The van der Waals surface area contributed by atoms with Crippen molar-refractivity contribution in [2.45, 2.75) is 33.1 Å². The molecule has 0 aliphatic heterocycles. The molecule has 0 aliphatic rings. The third kappa shape index (κ3) is 5.60. The van der Waals surface area contributed by atoms with Crippen molar-refractivity contribution in [2.24, 2.45) is 0 Å². The summed E-state index contributed by atoms with van der Waals surface area (Å²) < 4.78 is 54.1. The third-order valence-electron chi connectivity index (χ3n) is 4.96. The lowest BCUT2D eigenvalue weighted by Gasteiger charge is -2.12. The van der Waals surface area contributed by atoms with Crippen LogP contribution in [0.3, 0.4) is 0 Å². The first-order valence-electron chi connectivity index (χ1n) is 9.86. The molecule has 0 bridgehead atoms. The monoisotopic (exact) mass is 448 g/mol. The number of hydrogen-bond donors (Lipinski definition) is 1. The summed E-state index contributed by atoms with van der Waals surface area (Å²) in [6.07, 6.45) is -3.96. The van der Waals surface area contributed by atoms with Crippen molar-refractivity contribution in [3.05, 3.63) is 76.2 Å². The minimum atomic E-state index is -4.37. The van der Waals surface area contributed by atoms with E-state index in [0.717, 1.165) is 23.4 Å². The Kier molecular flexibility index (Phi) is 7.07. The molecule has 6 nitrogen and oxygen atoms in total. The fourth-order valence-corrected chi connectivity index (χ4v) is 3.07. The number of alkyl halides is 3. The van der Waals surface area contributed by atoms with Gasteiger partial charge in [-0.1, -0.05) is 17.3 Å². The van der Waals surface area contributed by atoms with Crippen LogP contribution in [0, 0.1) is 13.8 Å². The first-order chi connectivity index (χ1) is 15.2. The molecule has 0 unspecified atom stereocenters. The second-order valence-electron chi connectivity index (χ2n) is 7.16. The van der Waals surface area contributed by atoms with Crippen LogP contribution in [-0.4, -0.2) is 24.7 Å². The van der Waals surface area contributed by atoms with Gasteiger partial charge < -0.3 is 19.3 Å². The predicted octanol–water partition coefficient (Wildman–Crippen LogP) is 4.87. The van der Waals surface area contributed by atoms with E-state index in [4.69, 9.17) is 14.0 Å². The summed E-state index contributed by atoms with van der Waals surface area (Å²) in [6.45, 7) is 4.14. The van der Waals surface area contributed by atoms with E-state index in [1.807, 2.05) is 6.92 Å². The molecule has 1 heterocycles. The van der Waals surface area contributed by atoms with E-state index >= 15 is 0 Å². The van der Waals surface area contributed by atoms with Crippen molar-refractivity contribution in [3.8, 4) is 11.5 Å². The van der Waals surface area contributed by atoms with Gasteiger partial charge in [-0.05, 0) is 56.2 Å². The number of carbonyl (C=O) groups excluding carboxylic acids is 1. The van der Waals surface area contributed by atoms with Crippen LogP contribution in [-0.2, 0) is 19.2 Å². The zero-order chi connectivity index (χ0) is 23.3. The maximum absolute atomic E-state index is 12.6. The molecule has 32 heavy (non-hydrogen) atoms. The number of halogens is 3. The van der Waals surface area contributed by atoms with Crippen molar-refractivity contribution >= 4 is 5.91 Å². The summed E-state index contributed by atoms with van der Waals surface area (Å²) >= 11 is 0. The number of aryl methyl sites for hydroxylation is 2. The van der Waals surface area contributed by atoms with Gasteiger partial charge in [-0.25, -0.2) is 0 Å².